The molecule has 1 aromatic heterocycles. The van der Waals surface area contributed by atoms with E-state index in [1.54, 1.807) is 30.5 Å². The zero-order valence-electron chi connectivity index (χ0n) is 14.7. The summed E-state index contributed by atoms with van der Waals surface area (Å²) >= 11 is 1.52. The number of hydrogen-bond acceptors (Lipinski definition) is 4. The summed E-state index contributed by atoms with van der Waals surface area (Å²) in [7, 11) is -1.09. The van der Waals surface area contributed by atoms with Crippen molar-refractivity contribution in [1.82, 2.24) is 10.9 Å². The second-order valence-electron chi connectivity index (χ2n) is 6.36. The van der Waals surface area contributed by atoms with E-state index in [0.717, 1.165) is 12.8 Å². The van der Waals surface area contributed by atoms with E-state index in [1.165, 1.54) is 47.5 Å². The van der Waals surface area contributed by atoms with E-state index in [2.05, 4.69) is 10.9 Å². The number of hydrogen-bond donors (Lipinski definition) is 2. The van der Waals surface area contributed by atoms with E-state index in [0.29, 0.717) is 15.3 Å². The Balaban J connectivity index is 1.60. The molecule has 0 saturated carbocycles. The van der Waals surface area contributed by atoms with E-state index < -0.39 is 16.7 Å². The van der Waals surface area contributed by atoms with Gasteiger partial charge in [0.1, 0.15) is 0 Å². The van der Waals surface area contributed by atoms with Crippen molar-refractivity contribution in [2.45, 2.75) is 43.4 Å². The summed E-state index contributed by atoms with van der Waals surface area (Å²) in [6, 6.07) is 8.43. The topological polar surface area (TPSA) is 75.3 Å². The third-order valence-corrected chi connectivity index (χ3v) is 6.63. The Morgan fingerprint density at radius 3 is 2.31 bits per heavy atom. The SMILES string of the molecule is CS(=O)c1ccc(C(=O)NNC(=O)c2cc3c(s2)CCCCCC3)cc1. The number of benzene rings is 1. The third kappa shape index (κ3) is 4.59. The fourth-order valence-electron chi connectivity index (χ4n) is 3.00. The predicted octanol–water partition coefficient (Wildman–Crippen LogP) is 3.22. The Morgan fingerprint density at radius 2 is 1.62 bits per heavy atom. The van der Waals surface area contributed by atoms with Crippen LogP contribution < -0.4 is 10.9 Å². The van der Waals surface area contributed by atoms with Gasteiger partial charge in [-0.3, -0.25) is 24.6 Å². The van der Waals surface area contributed by atoms with Gasteiger partial charge in [-0.25, -0.2) is 0 Å². The van der Waals surface area contributed by atoms with E-state index >= 15 is 0 Å². The van der Waals surface area contributed by atoms with Crippen LogP contribution in [0.15, 0.2) is 35.2 Å². The van der Waals surface area contributed by atoms with Crippen molar-refractivity contribution in [2.75, 3.05) is 6.26 Å². The Morgan fingerprint density at radius 1 is 0.962 bits per heavy atom. The van der Waals surface area contributed by atoms with Gasteiger partial charge in [-0.15, -0.1) is 11.3 Å². The molecule has 2 N–H and O–H groups in total. The molecular weight excluding hydrogens is 368 g/mol. The van der Waals surface area contributed by atoms with E-state index in [1.807, 2.05) is 6.07 Å². The quantitative estimate of drug-likeness (QED) is 0.790. The number of thiophene rings is 1. The Hall–Kier alpha value is -1.99. The summed E-state index contributed by atoms with van der Waals surface area (Å²) in [5, 5.41) is 0. The Kier molecular flexibility index (Phi) is 6.21. The molecule has 2 aromatic rings. The first-order valence-electron chi connectivity index (χ1n) is 8.70. The molecule has 5 nitrogen and oxygen atoms in total. The van der Waals surface area contributed by atoms with Crippen LogP contribution in [0.25, 0.3) is 0 Å². The van der Waals surface area contributed by atoms with Gasteiger partial charge in [-0.05, 0) is 61.6 Å². The first-order valence-corrected chi connectivity index (χ1v) is 11.1. The van der Waals surface area contributed by atoms with Crippen molar-refractivity contribution in [1.29, 1.82) is 0 Å². The fourth-order valence-corrected chi connectivity index (χ4v) is 4.67. The van der Waals surface area contributed by atoms with Gasteiger partial charge in [0.15, 0.2) is 0 Å². The van der Waals surface area contributed by atoms with Crippen LogP contribution in [0.3, 0.4) is 0 Å². The van der Waals surface area contributed by atoms with Crippen LogP contribution in [0.2, 0.25) is 0 Å². The summed E-state index contributed by atoms with van der Waals surface area (Å²) in [6.07, 6.45) is 8.47. The average Bonchev–Trinajstić information content (AvgIpc) is 3.01. The third-order valence-electron chi connectivity index (χ3n) is 4.46. The van der Waals surface area contributed by atoms with Gasteiger partial charge in [0.2, 0.25) is 0 Å². The molecule has 3 rings (SSSR count). The minimum atomic E-state index is -1.09. The lowest BCUT2D eigenvalue weighted by molar-refractivity contribution is 0.0849. The second kappa shape index (κ2) is 8.60. The van der Waals surface area contributed by atoms with Gasteiger partial charge in [0, 0.05) is 32.4 Å². The lowest BCUT2D eigenvalue weighted by Gasteiger charge is -2.07. The van der Waals surface area contributed by atoms with Gasteiger partial charge in [0.05, 0.1) is 4.88 Å². The predicted molar refractivity (Wildman–Crippen MR) is 104 cm³/mol. The molecule has 1 heterocycles. The second-order valence-corrected chi connectivity index (χ2v) is 8.88. The molecule has 1 aromatic carbocycles. The van der Waals surface area contributed by atoms with Crippen molar-refractivity contribution in [3.8, 4) is 0 Å². The minimum Gasteiger partial charge on any atom is -0.267 e. The summed E-state index contributed by atoms with van der Waals surface area (Å²) < 4.78 is 11.4. The van der Waals surface area contributed by atoms with Crippen molar-refractivity contribution in [2.24, 2.45) is 0 Å². The number of amides is 2. The first kappa shape index (κ1) is 18.8. The van der Waals surface area contributed by atoms with E-state index in [9.17, 15) is 13.8 Å². The summed E-state index contributed by atoms with van der Waals surface area (Å²) in [4.78, 5) is 27.1. The van der Waals surface area contributed by atoms with Crippen molar-refractivity contribution in [3.63, 3.8) is 0 Å². The number of fused-ring (bicyclic) bond motifs is 1. The van der Waals surface area contributed by atoms with Crippen LogP contribution >= 0.6 is 11.3 Å². The van der Waals surface area contributed by atoms with Crippen LogP contribution in [-0.2, 0) is 23.6 Å². The molecule has 0 spiro atoms. The van der Waals surface area contributed by atoms with Crippen molar-refractivity contribution in [3.05, 3.63) is 51.2 Å². The minimum absolute atomic E-state index is 0.290. The number of hydrazine groups is 1. The summed E-state index contributed by atoms with van der Waals surface area (Å²) in [6.45, 7) is 0. The van der Waals surface area contributed by atoms with Crippen molar-refractivity contribution < 1.29 is 13.8 Å². The Bertz CT molecular complexity index is 802. The average molecular weight is 391 g/mol. The van der Waals surface area contributed by atoms with Gasteiger partial charge in [-0.2, -0.15) is 0 Å². The van der Waals surface area contributed by atoms with E-state index in [-0.39, 0.29) is 5.91 Å². The largest absolute Gasteiger partial charge is 0.279 e. The van der Waals surface area contributed by atoms with Crippen LogP contribution in [0, 0.1) is 0 Å². The van der Waals surface area contributed by atoms with Crippen molar-refractivity contribution >= 4 is 34.0 Å². The molecule has 1 unspecified atom stereocenters. The lowest BCUT2D eigenvalue weighted by atomic mass is 10.00. The molecule has 138 valence electrons. The molecule has 0 bridgehead atoms. The first-order chi connectivity index (χ1) is 12.5. The number of aryl methyl sites for hydroxylation is 2. The summed E-state index contributed by atoms with van der Waals surface area (Å²) in [5.74, 6) is -0.692. The molecule has 0 radical (unpaired) electrons. The molecule has 0 fully saturated rings. The van der Waals surface area contributed by atoms with Gasteiger partial charge in [0.25, 0.3) is 11.8 Å². The van der Waals surface area contributed by atoms with E-state index in [4.69, 9.17) is 0 Å². The van der Waals surface area contributed by atoms with Crippen LogP contribution in [0.1, 0.15) is 56.2 Å². The van der Waals surface area contributed by atoms with Crippen LogP contribution in [-0.4, -0.2) is 22.3 Å². The number of carbonyl (C=O) groups is 2. The highest BCUT2D eigenvalue weighted by molar-refractivity contribution is 7.84. The lowest BCUT2D eigenvalue weighted by Crippen LogP contribution is -2.41. The monoisotopic (exact) mass is 390 g/mol. The zero-order chi connectivity index (χ0) is 18.5. The molecule has 26 heavy (non-hydrogen) atoms. The number of carbonyl (C=O) groups excluding carboxylic acids is 2. The molecule has 0 saturated heterocycles. The molecule has 7 heteroatoms. The smallest absolute Gasteiger partial charge is 0.267 e. The highest BCUT2D eigenvalue weighted by Crippen LogP contribution is 2.28. The standard InChI is InChI=1S/C19H22N2O3S2/c1-26(24)15-10-8-13(9-11-15)18(22)20-21-19(23)17-12-14-6-4-2-3-5-7-16(14)25-17/h8-12H,2-7H2,1H3,(H,20,22)(H,21,23). The van der Waals surface area contributed by atoms with Gasteiger partial charge < -0.3 is 0 Å². The summed E-state index contributed by atoms with van der Waals surface area (Å²) in [5.41, 5.74) is 6.60. The maximum absolute atomic E-state index is 12.4. The van der Waals surface area contributed by atoms with Gasteiger partial charge in [-0.1, -0.05) is 12.8 Å². The molecule has 1 aliphatic carbocycles. The maximum Gasteiger partial charge on any atom is 0.279 e. The van der Waals surface area contributed by atoms with Crippen LogP contribution in [0.5, 0.6) is 0 Å². The number of nitrogens with one attached hydrogen (secondary N) is 2. The highest BCUT2D eigenvalue weighted by Gasteiger charge is 2.16. The normalized spacial score (nSPS) is 15.3. The fraction of sp³-hybridized carbons (Fsp3) is 0.368. The Labute approximate surface area is 159 Å². The molecular formula is C19H22N2O3S2. The molecule has 2 amide bonds. The molecule has 1 atom stereocenters. The molecule has 0 aliphatic heterocycles. The van der Waals surface area contributed by atoms with Gasteiger partial charge >= 0.3 is 0 Å². The number of rotatable bonds is 3. The highest BCUT2D eigenvalue weighted by atomic mass is 32.2. The maximum atomic E-state index is 12.4. The molecule has 1 aliphatic rings. The zero-order valence-corrected chi connectivity index (χ0v) is 16.3. The van der Waals surface area contributed by atoms with Crippen LogP contribution in [0.4, 0.5) is 0 Å².